The zero-order valence-electron chi connectivity index (χ0n) is 7.52. The van der Waals surface area contributed by atoms with E-state index in [1.807, 2.05) is 0 Å². The van der Waals surface area contributed by atoms with E-state index >= 15 is 0 Å². The highest BCUT2D eigenvalue weighted by Gasteiger charge is 2.11. The van der Waals surface area contributed by atoms with E-state index in [0.29, 0.717) is 5.56 Å². The van der Waals surface area contributed by atoms with Crippen molar-refractivity contribution < 1.29 is 24.9 Å². The summed E-state index contributed by atoms with van der Waals surface area (Å²) in [5.74, 6) is -1.74. The molecule has 0 bridgehead atoms. The largest absolute Gasteiger partial charge is 0.504 e. The Bertz CT molecular complexity index is 358. The van der Waals surface area contributed by atoms with Gasteiger partial charge < -0.3 is 20.1 Å². The van der Waals surface area contributed by atoms with E-state index in [2.05, 4.69) is 0 Å². The molecule has 5 nitrogen and oxygen atoms in total. The van der Waals surface area contributed by atoms with Gasteiger partial charge in [-0.2, -0.15) is 0 Å². The summed E-state index contributed by atoms with van der Waals surface area (Å²) >= 11 is 0. The zero-order chi connectivity index (χ0) is 10.7. The molecule has 0 heterocycles. The molecule has 0 unspecified atom stereocenters. The number of hydrogen-bond acceptors (Lipinski definition) is 4. The quantitative estimate of drug-likeness (QED) is 0.623. The molecule has 0 atom stereocenters. The van der Waals surface area contributed by atoms with E-state index in [1.54, 1.807) is 0 Å². The van der Waals surface area contributed by atoms with Crippen molar-refractivity contribution in [2.75, 3.05) is 7.11 Å². The third-order valence-electron chi connectivity index (χ3n) is 1.69. The average molecular weight is 198 g/mol. The topological polar surface area (TPSA) is 87.0 Å². The highest BCUT2D eigenvalue weighted by atomic mass is 16.5. The Balaban J connectivity index is 3.09. The van der Waals surface area contributed by atoms with E-state index in [4.69, 9.17) is 9.84 Å². The van der Waals surface area contributed by atoms with Crippen LogP contribution in [-0.2, 0) is 11.2 Å². The number of benzene rings is 1. The van der Waals surface area contributed by atoms with Gasteiger partial charge in [0.15, 0.2) is 11.5 Å². The fourth-order valence-electron chi connectivity index (χ4n) is 1.08. The molecule has 76 valence electrons. The highest BCUT2D eigenvalue weighted by molar-refractivity contribution is 5.71. The monoisotopic (exact) mass is 198 g/mol. The minimum Gasteiger partial charge on any atom is -0.504 e. The van der Waals surface area contributed by atoms with E-state index in [9.17, 15) is 15.0 Å². The van der Waals surface area contributed by atoms with Crippen LogP contribution in [0.4, 0.5) is 0 Å². The summed E-state index contributed by atoms with van der Waals surface area (Å²) in [6, 6.07) is 2.55. The summed E-state index contributed by atoms with van der Waals surface area (Å²) in [5.41, 5.74) is 0.365. The average Bonchev–Trinajstić information content (AvgIpc) is 2.10. The van der Waals surface area contributed by atoms with Crippen molar-refractivity contribution in [3.05, 3.63) is 17.7 Å². The van der Waals surface area contributed by atoms with Gasteiger partial charge in [-0.3, -0.25) is 4.79 Å². The van der Waals surface area contributed by atoms with Crippen LogP contribution in [-0.4, -0.2) is 28.4 Å². The molecular formula is C9H10O5. The molecule has 14 heavy (non-hydrogen) atoms. The van der Waals surface area contributed by atoms with Gasteiger partial charge in [0.25, 0.3) is 0 Å². The van der Waals surface area contributed by atoms with Gasteiger partial charge in [0.05, 0.1) is 13.5 Å². The molecule has 0 fully saturated rings. The molecule has 0 aliphatic carbocycles. The molecule has 0 aliphatic rings. The summed E-state index contributed by atoms with van der Waals surface area (Å²) in [6.07, 6.45) is -0.232. The number of carbonyl (C=O) groups is 1. The maximum atomic E-state index is 10.4. The standard InChI is InChI=1S/C9H10O5/c1-14-7-3-5(4-8(11)12)2-6(10)9(7)13/h2-3,10,13H,4H2,1H3,(H,11,12). The number of rotatable bonds is 3. The van der Waals surface area contributed by atoms with Crippen LogP contribution in [0.15, 0.2) is 12.1 Å². The lowest BCUT2D eigenvalue weighted by atomic mass is 10.1. The van der Waals surface area contributed by atoms with Gasteiger partial charge in [-0.25, -0.2) is 0 Å². The summed E-state index contributed by atoms with van der Waals surface area (Å²) in [5, 5.41) is 26.9. The van der Waals surface area contributed by atoms with Gasteiger partial charge in [-0.1, -0.05) is 0 Å². The number of aliphatic carboxylic acids is 1. The SMILES string of the molecule is COc1cc(CC(=O)O)cc(O)c1O. The summed E-state index contributed by atoms with van der Waals surface area (Å²) in [6.45, 7) is 0. The Morgan fingerprint density at radius 3 is 2.57 bits per heavy atom. The minimum absolute atomic E-state index is 0.0567. The Morgan fingerprint density at radius 2 is 2.07 bits per heavy atom. The van der Waals surface area contributed by atoms with Crippen molar-refractivity contribution in [2.24, 2.45) is 0 Å². The van der Waals surface area contributed by atoms with Crippen LogP contribution in [0.2, 0.25) is 0 Å². The number of phenols is 2. The Kier molecular flexibility index (Phi) is 2.81. The second-order valence-corrected chi connectivity index (χ2v) is 2.74. The second-order valence-electron chi connectivity index (χ2n) is 2.74. The van der Waals surface area contributed by atoms with Crippen molar-refractivity contribution in [2.45, 2.75) is 6.42 Å². The number of carboxylic acids is 1. The van der Waals surface area contributed by atoms with E-state index in [1.165, 1.54) is 19.2 Å². The van der Waals surface area contributed by atoms with Crippen LogP contribution in [0, 0.1) is 0 Å². The molecule has 5 heteroatoms. The first-order valence-electron chi connectivity index (χ1n) is 3.85. The van der Waals surface area contributed by atoms with E-state index < -0.39 is 5.97 Å². The lowest BCUT2D eigenvalue weighted by Gasteiger charge is -2.07. The molecule has 3 N–H and O–H groups in total. The van der Waals surface area contributed by atoms with Crippen molar-refractivity contribution in [3.8, 4) is 17.2 Å². The number of hydrogen-bond donors (Lipinski definition) is 3. The Morgan fingerprint density at radius 1 is 1.43 bits per heavy atom. The second kappa shape index (κ2) is 3.87. The number of carboxylic acid groups (broad SMARTS) is 1. The Labute approximate surface area is 80.2 Å². The summed E-state index contributed by atoms with van der Waals surface area (Å²) in [4.78, 5) is 10.4. The first-order valence-corrected chi connectivity index (χ1v) is 3.85. The maximum absolute atomic E-state index is 10.4. The van der Waals surface area contributed by atoms with Crippen molar-refractivity contribution in [1.29, 1.82) is 0 Å². The zero-order valence-corrected chi connectivity index (χ0v) is 7.52. The maximum Gasteiger partial charge on any atom is 0.307 e. The van der Waals surface area contributed by atoms with Gasteiger partial charge in [-0.15, -0.1) is 0 Å². The van der Waals surface area contributed by atoms with Crippen LogP contribution in [0.25, 0.3) is 0 Å². The highest BCUT2D eigenvalue weighted by Crippen LogP contribution is 2.36. The van der Waals surface area contributed by atoms with Gasteiger partial charge >= 0.3 is 5.97 Å². The summed E-state index contributed by atoms with van der Waals surface area (Å²) in [7, 11) is 1.32. The molecule has 1 aromatic carbocycles. The van der Waals surface area contributed by atoms with Gasteiger partial charge in [0.1, 0.15) is 0 Å². The van der Waals surface area contributed by atoms with Gasteiger partial charge in [0.2, 0.25) is 5.75 Å². The van der Waals surface area contributed by atoms with Gasteiger partial charge in [0, 0.05) is 0 Å². The molecule has 0 aromatic heterocycles. The smallest absolute Gasteiger partial charge is 0.307 e. The number of ether oxygens (including phenoxy) is 1. The normalized spacial score (nSPS) is 9.79. The number of methoxy groups -OCH3 is 1. The molecule has 0 radical (unpaired) electrons. The molecule has 0 spiro atoms. The van der Waals surface area contributed by atoms with Crippen LogP contribution in [0.5, 0.6) is 17.2 Å². The van der Waals surface area contributed by atoms with Crippen molar-refractivity contribution in [3.63, 3.8) is 0 Å². The molecule has 0 saturated carbocycles. The van der Waals surface area contributed by atoms with Crippen molar-refractivity contribution in [1.82, 2.24) is 0 Å². The molecule has 0 amide bonds. The molecule has 1 rings (SSSR count). The lowest BCUT2D eigenvalue weighted by Crippen LogP contribution is -2.00. The third-order valence-corrected chi connectivity index (χ3v) is 1.69. The predicted octanol–water partition coefficient (Wildman–Crippen LogP) is 0.733. The van der Waals surface area contributed by atoms with E-state index in [0.717, 1.165) is 0 Å². The molecular weight excluding hydrogens is 188 g/mol. The number of aromatic hydroxyl groups is 2. The molecule has 0 aliphatic heterocycles. The van der Waals surface area contributed by atoms with Crippen molar-refractivity contribution >= 4 is 5.97 Å². The minimum atomic E-state index is -1.02. The van der Waals surface area contributed by atoms with Gasteiger partial charge in [-0.05, 0) is 17.7 Å². The number of phenolic OH excluding ortho intramolecular Hbond substituents is 2. The van der Waals surface area contributed by atoms with Crippen LogP contribution >= 0.6 is 0 Å². The fourth-order valence-corrected chi connectivity index (χ4v) is 1.08. The predicted molar refractivity (Wildman–Crippen MR) is 47.7 cm³/mol. The van der Waals surface area contributed by atoms with Crippen LogP contribution in [0.1, 0.15) is 5.56 Å². The van der Waals surface area contributed by atoms with Crippen LogP contribution in [0.3, 0.4) is 0 Å². The van der Waals surface area contributed by atoms with Crippen LogP contribution < -0.4 is 4.74 Å². The molecule has 0 saturated heterocycles. The first kappa shape index (κ1) is 10.2. The summed E-state index contributed by atoms with van der Waals surface area (Å²) < 4.78 is 4.75. The Hall–Kier alpha value is -1.91. The first-order chi connectivity index (χ1) is 6.54. The van der Waals surface area contributed by atoms with E-state index in [-0.39, 0.29) is 23.7 Å². The molecule has 1 aromatic rings. The fraction of sp³-hybridized carbons (Fsp3) is 0.222. The lowest BCUT2D eigenvalue weighted by molar-refractivity contribution is -0.136. The third kappa shape index (κ3) is 2.07.